The van der Waals surface area contributed by atoms with Crippen LogP contribution < -0.4 is 4.74 Å². The highest BCUT2D eigenvalue weighted by Crippen LogP contribution is 2.36. The van der Waals surface area contributed by atoms with Crippen LogP contribution in [0.15, 0.2) is 46.6 Å². The number of azo groups is 1. The molecular formula is C19H15N3O5. The lowest BCUT2D eigenvalue weighted by molar-refractivity contribution is -0.117. The van der Waals surface area contributed by atoms with Crippen molar-refractivity contribution in [1.82, 2.24) is 4.98 Å². The number of aromatic carboxylic acids is 1. The van der Waals surface area contributed by atoms with Crippen LogP contribution in [0.25, 0.3) is 10.9 Å². The largest absolute Gasteiger partial charge is 0.493 e. The first-order valence-electron chi connectivity index (χ1n) is 8.28. The number of carbonyl (C=O) groups is 2. The van der Waals surface area contributed by atoms with Crippen molar-refractivity contribution in [2.24, 2.45) is 10.2 Å². The molecule has 1 amide bonds. The number of aromatic hydroxyl groups is 1. The van der Waals surface area contributed by atoms with E-state index in [-0.39, 0.29) is 23.6 Å². The number of carboxylic acid groups (broad SMARTS) is 1. The zero-order chi connectivity index (χ0) is 19.0. The van der Waals surface area contributed by atoms with Crippen LogP contribution >= 0.6 is 0 Å². The van der Waals surface area contributed by atoms with Crippen molar-refractivity contribution in [3.05, 3.63) is 53.1 Å². The van der Waals surface area contributed by atoms with Crippen molar-refractivity contribution in [2.45, 2.75) is 12.8 Å². The summed E-state index contributed by atoms with van der Waals surface area (Å²) in [5.74, 6) is -0.968. The van der Waals surface area contributed by atoms with Gasteiger partial charge in [-0.05, 0) is 35.4 Å². The topological polar surface area (TPSA) is 124 Å². The van der Waals surface area contributed by atoms with Gasteiger partial charge in [-0.15, -0.1) is 10.2 Å². The number of aromatic nitrogens is 1. The third-order valence-corrected chi connectivity index (χ3v) is 4.37. The third-order valence-electron chi connectivity index (χ3n) is 4.37. The van der Waals surface area contributed by atoms with Crippen molar-refractivity contribution in [2.75, 3.05) is 6.61 Å². The van der Waals surface area contributed by atoms with Crippen LogP contribution in [0.4, 0.5) is 5.69 Å². The lowest BCUT2D eigenvalue weighted by Crippen LogP contribution is -1.98. The molecule has 0 saturated heterocycles. The average Bonchev–Trinajstić information content (AvgIpc) is 3.22. The van der Waals surface area contributed by atoms with Gasteiger partial charge in [0, 0.05) is 11.8 Å². The normalized spacial score (nSPS) is 13.0. The highest BCUT2D eigenvalue weighted by Gasteiger charge is 2.15. The number of carboxylic acids is 1. The summed E-state index contributed by atoms with van der Waals surface area (Å²) in [5, 5.41) is 27.0. The third kappa shape index (κ3) is 3.24. The van der Waals surface area contributed by atoms with Gasteiger partial charge in [0.2, 0.25) is 5.88 Å². The number of aromatic amines is 1. The Kier molecular flexibility index (Phi) is 4.08. The fraction of sp³-hybridized carbons (Fsp3) is 0.158. The van der Waals surface area contributed by atoms with Gasteiger partial charge in [0.15, 0.2) is 5.69 Å². The molecule has 8 nitrogen and oxygen atoms in total. The van der Waals surface area contributed by atoms with E-state index in [1.54, 1.807) is 0 Å². The number of hydrogen-bond acceptors (Lipinski definition) is 5. The fourth-order valence-corrected chi connectivity index (χ4v) is 3.07. The van der Waals surface area contributed by atoms with Crippen LogP contribution in [0.5, 0.6) is 11.6 Å². The minimum atomic E-state index is -1.08. The molecule has 0 saturated carbocycles. The summed E-state index contributed by atoms with van der Waals surface area (Å²) in [6, 6.07) is 9.86. The van der Waals surface area contributed by atoms with E-state index in [4.69, 9.17) is 9.84 Å². The van der Waals surface area contributed by atoms with Crippen LogP contribution in [0.1, 0.15) is 21.5 Å². The number of rotatable bonds is 4. The van der Waals surface area contributed by atoms with E-state index in [0.717, 1.165) is 23.3 Å². The molecule has 0 spiro atoms. The number of nitrogens with zero attached hydrogens (tertiary/aromatic N) is 2. The van der Waals surface area contributed by atoms with Gasteiger partial charge in [-0.3, -0.25) is 4.79 Å². The number of ether oxygens (including phenoxy) is 1. The van der Waals surface area contributed by atoms with Crippen LogP contribution in [-0.2, 0) is 17.6 Å². The van der Waals surface area contributed by atoms with Gasteiger partial charge in [0.05, 0.1) is 24.1 Å². The van der Waals surface area contributed by atoms with Gasteiger partial charge >= 0.3 is 5.97 Å². The molecule has 0 unspecified atom stereocenters. The number of fused-ring (bicyclic) bond motifs is 2. The monoisotopic (exact) mass is 365 g/mol. The molecule has 1 aromatic heterocycles. The van der Waals surface area contributed by atoms with Crippen molar-refractivity contribution >= 4 is 28.5 Å². The molecule has 1 aliphatic rings. The van der Waals surface area contributed by atoms with Gasteiger partial charge in [-0.2, -0.15) is 0 Å². The van der Waals surface area contributed by atoms with Gasteiger partial charge in [-0.25, -0.2) is 4.79 Å². The quantitative estimate of drug-likeness (QED) is 0.612. The van der Waals surface area contributed by atoms with Crippen LogP contribution in [-0.4, -0.2) is 33.7 Å². The van der Waals surface area contributed by atoms with Crippen molar-refractivity contribution in [1.29, 1.82) is 0 Å². The van der Waals surface area contributed by atoms with E-state index in [1.807, 2.05) is 18.2 Å². The summed E-state index contributed by atoms with van der Waals surface area (Å²) in [4.78, 5) is 25.8. The molecule has 4 rings (SSSR count). The van der Waals surface area contributed by atoms with E-state index in [0.29, 0.717) is 17.5 Å². The SMILES string of the molecule is O=C(Cc1ccc2c(c1)CCO2)N=Nc1c(O)[nH]c2cc(C(=O)O)ccc12. The molecule has 0 aliphatic carbocycles. The number of benzene rings is 2. The molecule has 0 radical (unpaired) electrons. The van der Waals surface area contributed by atoms with E-state index >= 15 is 0 Å². The molecule has 136 valence electrons. The highest BCUT2D eigenvalue weighted by atomic mass is 16.5. The van der Waals surface area contributed by atoms with Crippen LogP contribution in [0, 0.1) is 0 Å². The summed E-state index contributed by atoms with van der Waals surface area (Å²) in [5.41, 5.74) is 2.45. The second-order valence-corrected chi connectivity index (χ2v) is 6.20. The van der Waals surface area contributed by atoms with Gasteiger partial charge in [0.25, 0.3) is 5.91 Å². The van der Waals surface area contributed by atoms with Crippen molar-refractivity contribution in [3.8, 4) is 11.6 Å². The maximum Gasteiger partial charge on any atom is 0.335 e. The first kappa shape index (κ1) is 16.8. The molecule has 8 heteroatoms. The first-order valence-corrected chi connectivity index (χ1v) is 8.28. The van der Waals surface area contributed by atoms with Crippen LogP contribution in [0.3, 0.4) is 0 Å². The minimum Gasteiger partial charge on any atom is -0.493 e. The molecule has 0 atom stereocenters. The maximum atomic E-state index is 12.1. The summed E-state index contributed by atoms with van der Waals surface area (Å²) in [6.45, 7) is 0.649. The number of H-pyrrole nitrogens is 1. The standard InChI is InChI=1S/C19H15N3O5/c23-16(8-10-1-4-15-11(7-10)5-6-27-15)21-22-17-13-3-2-12(19(25)26)9-14(13)20-18(17)24/h1-4,7,9,20,24H,5-6,8H2,(H,25,26). The predicted molar refractivity (Wildman–Crippen MR) is 95.8 cm³/mol. The van der Waals surface area contributed by atoms with Crippen molar-refractivity contribution < 1.29 is 24.5 Å². The number of carbonyl (C=O) groups excluding carboxylic acids is 1. The number of hydrogen-bond donors (Lipinski definition) is 3. The number of nitrogens with one attached hydrogen (secondary N) is 1. The molecule has 3 aromatic rings. The molecule has 0 bridgehead atoms. The van der Waals surface area contributed by atoms with E-state index in [2.05, 4.69) is 15.2 Å². The zero-order valence-corrected chi connectivity index (χ0v) is 14.1. The Morgan fingerprint density at radius 2 is 2.04 bits per heavy atom. The Morgan fingerprint density at radius 3 is 2.85 bits per heavy atom. The minimum absolute atomic E-state index is 0.0731. The van der Waals surface area contributed by atoms with E-state index < -0.39 is 11.9 Å². The molecule has 1 aliphatic heterocycles. The Bertz CT molecular complexity index is 1100. The summed E-state index contributed by atoms with van der Waals surface area (Å²) in [7, 11) is 0. The van der Waals surface area contributed by atoms with E-state index in [1.165, 1.54) is 18.2 Å². The zero-order valence-electron chi connectivity index (χ0n) is 14.1. The smallest absolute Gasteiger partial charge is 0.335 e. The summed E-state index contributed by atoms with van der Waals surface area (Å²) in [6.07, 6.45) is 0.906. The predicted octanol–water partition coefficient (Wildman–Crippen LogP) is 3.36. The lowest BCUT2D eigenvalue weighted by Gasteiger charge is -2.01. The second kappa shape index (κ2) is 6.56. The fourth-order valence-electron chi connectivity index (χ4n) is 3.07. The van der Waals surface area contributed by atoms with Gasteiger partial charge in [-0.1, -0.05) is 12.1 Å². The Morgan fingerprint density at radius 1 is 1.19 bits per heavy atom. The Hall–Kier alpha value is -3.68. The van der Waals surface area contributed by atoms with Gasteiger partial charge < -0.3 is 19.9 Å². The lowest BCUT2D eigenvalue weighted by atomic mass is 10.1. The number of amides is 1. The highest BCUT2D eigenvalue weighted by molar-refractivity contribution is 5.99. The Labute approximate surface area is 153 Å². The summed E-state index contributed by atoms with van der Waals surface area (Å²) >= 11 is 0. The first-order chi connectivity index (χ1) is 13.0. The maximum absolute atomic E-state index is 12.1. The molecule has 3 N–H and O–H groups in total. The molecule has 0 fully saturated rings. The molecule has 27 heavy (non-hydrogen) atoms. The molecule has 2 heterocycles. The second-order valence-electron chi connectivity index (χ2n) is 6.20. The van der Waals surface area contributed by atoms with Crippen LogP contribution in [0.2, 0.25) is 0 Å². The Balaban J connectivity index is 1.54. The van der Waals surface area contributed by atoms with Crippen molar-refractivity contribution in [3.63, 3.8) is 0 Å². The summed E-state index contributed by atoms with van der Waals surface area (Å²) < 4.78 is 5.44. The molecular weight excluding hydrogens is 350 g/mol. The average molecular weight is 365 g/mol. The van der Waals surface area contributed by atoms with E-state index in [9.17, 15) is 14.7 Å². The molecule has 2 aromatic carbocycles. The van der Waals surface area contributed by atoms with Gasteiger partial charge in [0.1, 0.15) is 5.75 Å².